The Morgan fingerprint density at radius 1 is 1.14 bits per heavy atom. The summed E-state index contributed by atoms with van der Waals surface area (Å²) >= 11 is 0. The number of aryl methyl sites for hydroxylation is 2. The fraction of sp³-hybridized carbons (Fsp3) is 0.304. The first-order chi connectivity index (χ1) is 13.8. The van der Waals surface area contributed by atoms with E-state index in [0.29, 0.717) is 17.9 Å². The second-order valence-corrected chi connectivity index (χ2v) is 6.65. The molecule has 0 aliphatic rings. The first kappa shape index (κ1) is 22.0. The molecule has 1 N–H and O–H groups in total. The van der Waals surface area contributed by atoms with Gasteiger partial charge >= 0.3 is 5.97 Å². The van der Waals surface area contributed by atoms with Crippen LogP contribution in [0.25, 0.3) is 0 Å². The van der Waals surface area contributed by atoms with Gasteiger partial charge in [0, 0.05) is 5.69 Å². The summed E-state index contributed by atoms with van der Waals surface area (Å²) < 4.78 is 16.0. The number of hydrogen-bond donors (Lipinski definition) is 1. The molecular formula is C23H27NO5. The van der Waals surface area contributed by atoms with Crippen molar-refractivity contribution in [2.75, 3.05) is 19.0 Å². The van der Waals surface area contributed by atoms with Crippen molar-refractivity contribution in [2.45, 2.75) is 33.3 Å². The van der Waals surface area contributed by atoms with Crippen molar-refractivity contribution >= 4 is 17.6 Å². The highest BCUT2D eigenvalue weighted by Crippen LogP contribution is 2.28. The van der Waals surface area contributed by atoms with Crippen LogP contribution in [0.1, 0.15) is 23.6 Å². The number of anilines is 1. The highest BCUT2D eigenvalue weighted by atomic mass is 16.6. The molecule has 0 aromatic heterocycles. The first-order valence-corrected chi connectivity index (χ1v) is 9.32. The number of para-hydroxylation sites is 1. The minimum Gasteiger partial charge on any atom is -0.493 e. The minimum atomic E-state index is -0.957. The number of carbonyl (C=O) groups excluding carboxylic acids is 2. The van der Waals surface area contributed by atoms with Gasteiger partial charge in [-0.3, -0.25) is 4.79 Å². The number of benzene rings is 2. The van der Waals surface area contributed by atoms with Crippen LogP contribution in [0, 0.1) is 13.8 Å². The van der Waals surface area contributed by atoms with E-state index in [9.17, 15) is 9.59 Å². The SMILES string of the molecule is C=CCc1ccc(OCC(=O)O[C@@H](C)C(=O)Nc2c(C)cccc2C)c(OC)c1. The summed E-state index contributed by atoms with van der Waals surface area (Å²) in [5.74, 6) is -0.114. The summed E-state index contributed by atoms with van der Waals surface area (Å²) in [5, 5.41) is 2.81. The number of amides is 1. The molecule has 0 saturated heterocycles. The molecule has 2 aromatic carbocycles. The highest BCUT2D eigenvalue weighted by molar-refractivity contribution is 5.96. The normalized spacial score (nSPS) is 11.3. The topological polar surface area (TPSA) is 73.9 Å². The van der Waals surface area contributed by atoms with Crippen LogP contribution in [0.15, 0.2) is 49.1 Å². The molecule has 2 rings (SSSR count). The van der Waals surface area contributed by atoms with Crippen molar-refractivity contribution in [1.82, 2.24) is 0 Å². The summed E-state index contributed by atoms with van der Waals surface area (Å²) in [5.41, 5.74) is 3.61. The van der Waals surface area contributed by atoms with E-state index in [2.05, 4.69) is 11.9 Å². The second-order valence-electron chi connectivity index (χ2n) is 6.65. The van der Waals surface area contributed by atoms with Crippen molar-refractivity contribution in [2.24, 2.45) is 0 Å². The van der Waals surface area contributed by atoms with Crippen LogP contribution in [-0.2, 0) is 20.7 Å². The zero-order valence-corrected chi connectivity index (χ0v) is 17.3. The van der Waals surface area contributed by atoms with E-state index in [0.717, 1.165) is 22.4 Å². The van der Waals surface area contributed by atoms with Crippen molar-refractivity contribution in [3.63, 3.8) is 0 Å². The van der Waals surface area contributed by atoms with Gasteiger partial charge in [-0.1, -0.05) is 30.3 Å². The molecule has 0 aliphatic carbocycles. The number of ether oxygens (including phenoxy) is 3. The van der Waals surface area contributed by atoms with Crippen LogP contribution in [0.4, 0.5) is 5.69 Å². The predicted molar refractivity (Wildman–Crippen MR) is 112 cm³/mol. The fourth-order valence-corrected chi connectivity index (χ4v) is 2.78. The smallest absolute Gasteiger partial charge is 0.344 e. The van der Waals surface area contributed by atoms with Gasteiger partial charge in [-0.25, -0.2) is 4.79 Å². The lowest BCUT2D eigenvalue weighted by molar-refractivity contribution is -0.155. The molecular weight excluding hydrogens is 370 g/mol. The summed E-state index contributed by atoms with van der Waals surface area (Å²) in [7, 11) is 1.53. The van der Waals surface area contributed by atoms with Gasteiger partial charge in [0.15, 0.2) is 24.2 Å². The van der Waals surface area contributed by atoms with Gasteiger partial charge in [0.05, 0.1) is 7.11 Å². The zero-order chi connectivity index (χ0) is 21.4. The number of nitrogens with one attached hydrogen (secondary N) is 1. The quantitative estimate of drug-likeness (QED) is 0.512. The third-order valence-corrected chi connectivity index (χ3v) is 4.36. The molecule has 6 heteroatoms. The van der Waals surface area contributed by atoms with Crippen molar-refractivity contribution in [1.29, 1.82) is 0 Å². The molecule has 1 atom stereocenters. The number of allylic oxidation sites excluding steroid dienone is 1. The maximum atomic E-state index is 12.4. The van der Waals surface area contributed by atoms with E-state index in [-0.39, 0.29) is 6.61 Å². The van der Waals surface area contributed by atoms with Crippen LogP contribution in [0.3, 0.4) is 0 Å². The Morgan fingerprint density at radius 3 is 2.45 bits per heavy atom. The van der Waals surface area contributed by atoms with Crippen LogP contribution in [0.2, 0.25) is 0 Å². The molecule has 0 fully saturated rings. The maximum absolute atomic E-state index is 12.4. The Hall–Kier alpha value is -3.28. The average Bonchev–Trinajstić information content (AvgIpc) is 2.69. The molecule has 0 bridgehead atoms. The van der Waals surface area contributed by atoms with Crippen LogP contribution in [-0.4, -0.2) is 31.7 Å². The molecule has 0 unspecified atom stereocenters. The number of carbonyl (C=O) groups is 2. The number of rotatable bonds is 9. The predicted octanol–water partition coefficient (Wildman–Crippen LogP) is 3.99. The Morgan fingerprint density at radius 2 is 1.83 bits per heavy atom. The monoisotopic (exact) mass is 397 g/mol. The molecule has 0 radical (unpaired) electrons. The van der Waals surface area contributed by atoms with Gasteiger partial charge in [-0.05, 0) is 56.0 Å². The van der Waals surface area contributed by atoms with Gasteiger partial charge in [-0.15, -0.1) is 6.58 Å². The second kappa shape index (κ2) is 10.3. The summed E-state index contributed by atoms with van der Waals surface area (Å²) in [4.78, 5) is 24.5. The summed E-state index contributed by atoms with van der Waals surface area (Å²) in [6, 6.07) is 11.1. The van der Waals surface area contributed by atoms with E-state index in [1.54, 1.807) is 12.1 Å². The molecule has 0 aliphatic heterocycles. The highest BCUT2D eigenvalue weighted by Gasteiger charge is 2.20. The molecule has 29 heavy (non-hydrogen) atoms. The lowest BCUT2D eigenvalue weighted by Crippen LogP contribution is -2.32. The van der Waals surface area contributed by atoms with Gasteiger partial charge < -0.3 is 19.5 Å². The molecule has 0 saturated carbocycles. The lowest BCUT2D eigenvalue weighted by atomic mass is 10.1. The standard InChI is InChI=1S/C23H27NO5/c1-6-8-18-11-12-19(20(13-18)27-5)28-14-21(25)29-17(4)23(26)24-22-15(2)9-7-10-16(22)3/h6-7,9-13,17H,1,8,14H2,2-5H3,(H,24,26)/t17-/m0/s1. The first-order valence-electron chi connectivity index (χ1n) is 9.32. The molecule has 6 nitrogen and oxygen atoms in total. The Labute approximate surface area is 171 Å². The minimum absolute atomic E-state index is 0.335. The third kappa shape index (κ3) is 6.10. The van der Waals surface area contributed by atoms with Crippen LogP contribution >= 0.6 is 0 Å². The van der Waals surface area contributed by atoms with E-state index in [1.165, 1.54) is 14.0 Å². The van der Waals surface area contributed by atoms with Gasteiger partial charge in [0.2, 0.25) is 0 Å². The maximum Gasteiger partial charge on any atom is 0.344 e. The van der Waals surface area contributed by atoms with E-state index >= 15 is 0 Å². The largest absolute Gasteiger partial charge is 0.493 e. The summed E-state index contributed by atoms with van der Waals surface area (Å²) in [6.45, 7) is 8.70. The Kier molecular flexibility index (Phi) is 7.83. The lowest BCUT2D eigenvalue weighted by Gasteiger charge is -2.17. The van der Waals surface area contributed by atoms with Crippen LogP contribution in [0.5, 0.6) is 11.5 Å². The number of hydrogen-bond acceptors (Lipinski definition) is 5. The van der Waals surface area contributed by atoms with E-state index in [1.807, 2.05) is 44.2 Å². The molecule has 2 aromatic rings. The third-order valence-electron chi connectivity index (χ3n) is 4.36. The Balaban J connectivity index is 1.91. The number of methoxy groups -OCH3 is 1. The molecule has 1 amide bonds. The van der Waals surface area contributed by atoms with Crippen molar-refractivity contribution < 1.29 is 23.8 Å². The molecule has 0 heterocycles. The average molecular weight is 397 g/mol. The van der Waals surface area contributed by atoms with Gasteiger partial charge in [0.1, 0.15) is 0 Å². The van der Waals surface area contributed by atoms with E-state index < -0.39 is 18.0 Å². The van der Waals surface area contributed by atoms with Crippen molar-refractivity contribution in [3.8, 4) is 11.5 Å². The van der Waals surface area contributed by atoms with Crippen molar-refractivity contribution in [3.05, 3.63) is 65.7 Å². The summed E-state index contributed by atoms with van der Waals surface area (Å²) in [6.07, 6.45) is 1.53. The number of esters is 1. The molecule has 0 spiro atoms. The van der Waals surface area contributed by atoms with Gasteiger partial charge in [0.25, 0.3) is 5.91 Å². The van der Waals surface area contributed by atoms with Gasteiger partial charge in [-0.2, -0.15) is 0 Å². The van der Waals surface area contributed by atoms with Crippen LogP contribution < -0.4 is 14.8 Å². The fourth-order valence-electron chi connectivity index (χ4n) is 2.78. The Bertz CT molecular complexity index is 871. The zero-order valence-electron chi connectivity index (χ0n) is 17.3. The molecule has 154 valence electrons. The van der Waals surface area contributed by atoms with E-state index in [4.69, 9.17) is 14.2 Å².